The molecule has 0 amide bonds. The van der Waals surface area contributed by atoms with Gasteiger partial charge >= 0.3 is 0 Å². The van der Waals surface area contributed by atoms with E-state index in [4.69, 9.17) is 0 Å². The minimum absolute atomic E-state index is 0.660. The fourth-order valence-electron chi connectivity index (χ4n) is 2.96. The lowest BCUT2D eigenvalue weighted by atomic mass is 9.79. The summed E-state index contributed by atoms with van der Waals surface area (Å²) in [5.74, 6) is 0. The van der Waals surface area contributed by atoms with E-state index in [-0.39, 0.29) is 0 Å². The molecule has 2 fully saturated rings. The van der Waals surface area contributed by atoms with Crippen molar-refractivity contribution >= 4 is 0 Å². The van der Waals surface area contributed by atoms with Crippen molar-refractivity contribution in [1.29, 1.82) is 0 Å². The highest BCUT2D eigenvalue weighted by molar-refractivity contribution is 4.93. The summed E-state index contributed by atoms with van der Waals surface area (Å²) in [5.41, 5.74) is 0.660. The van der Waals surface area contributed by atoms with E-state index in [1.807, 2.05) is 0 Å². The van der Waals surface area contributed by atoms with Crippen molar-refractivity contribution < 1.29 is 0 Å². The molecule has 1 unspecified atom stereocenters. The summed E-state index contributed by atoms with van der Waals surface area (Å²) < 4.78 is 0. The van der Waals surface area contributed by atoms with Crippen molar-refractivity contribution in [2.45, 2.75) is 32.6 Å². The highest BCUT2D eigenvalue weighted by Gasteiger charge is 2.37. The van der Waals surface area contributed by atoms with Crippen molar-refractivity contribution in [3.05, 3.63) is 0 Å². The highest BCUT2D eigenvalue weighted by Crippen LogP contribution is 2.35. The lowest BCUT2D eigenvalue weighted by molar-refractivity contribution is 0.104. The highest BCUT2D eigenvalue weighted by atomic mass is 15.1. The maximum atomic E-state index is 3.52. The van der Waals surface area contributed by atoms with E-state index in [0.29, 0.717) is 5.41 Å². The van der Waals surface area contributed by atoms with E-state index >= 15 is 0 Å². The molecule has 2 nitrogen and oxygen atoms in total. The summed E-state index contributed by atoms with van der Waals surface area (Å²) >= 11 is 0. The Labute approximate surface area is 81.7 Å². The molecule has 2 aliphatic heterocycles. The zero-order valence-corrected chi connectivity index (χ0v) is 8.81. The number of nitrogens with one attached hydrogen (secondary N) is 1. The largest absolute Gasteiger partial charge is 0.316 e. The molecule has 0 aliphatic carbocycles. The first kappa shape index (κ1) is 9.47. The second kappa shape index (κ2) is 3.97. The molecule has 0 aromatic rings. The lowest BCUT2D eigenvalue weighted by Crippen LogP contribution is -2.44. The van der Waals surface area contributed by atoms with Gasteiger partial charge in [-0.3, -0.25) is 0 Å². The molecule has 1 N–H and O–H groups in total. The molecule has 2 heterocycles. The van der Waals surface area contributed by atoms with E-state index < -0.39 is 0 Å². The first-order chi connectivity index (χ1) is 6.35. The fourth-order valence-corrected chi connectivity index (χ4v) is 2.96. The number of nitrogens with zero attached hydrogens (tertiary/aromatic N) is 1. The fraction of sp³-hybridized carbons (Fsp3) is 1.00. The number of hydrogen-bond acceptors (Lipinski definition) is 2. The smallest absolute Gasteiger partial charge is 0.00506 e. The van der Waals surface area contributed by atoms with Crippen molar-refractivity contribution in [2.24, 2.45) is 5.41 Å². The first-order valence-corrected chi connectivity index (χ1v) is 5.78. The van der Waals surface area contributed by atoms with Gasteiger partial charge in [0, 0.05) is 13.1 Å². The SMILES string of the molecule is CCCN1CCCC2(CCNC2)C1. The third kappa shape index (κ3) is 2.05. The van der Waals surface area contributed by atoms with Gasteiger partial charge < -0.3 is 10.2 Å². The molecule has 0 radical (unpaired) electrons. The second-order valence-electron chi connectivity index (χ2n) is 4.81. The summed E-state index contributed by atoms with van der Waals surface area (Å²) in [7, 11) is 0. The van der Waals surface area contributed by atoms with Crippen LogP contribution in [0.2, 0.25) is 0 Å². The molecule has 2 aliphatic rings. The Morgan fingerprint density at radius 1 is 1.38 bits per heavy atom. The number of rotatable bonds is 2. The van der Waals surface area contributed by atoms with Crippen LogP contribution >= 0.6 is 0 Å². The van der Waals surface area contributed by atoms with Gasteiger partial charge in [-0.05, 0) is 50.7 Å². The Morgan fingerprint density at radius 2 is 2.31 bits per heavy atom. The molecular weight excluding hydrogens is 160 g/mol. The van der Waals surface area contributed by atoms with Gasteiger partial charge in [-0.2, -0.15) is 0 Å². The normalized spacial score (nSPS) is 35.8. The van der Waals surface area contributed by atoms with Gasteiger partial charge in [0.15, 0.2) is 0 Å². The molecule has 1 spiro atoms. The average molecular weight is 182 g/mol. The van der Waals surface area contributed by atoms with Gasteiger partial charge in [-0.1, -0.05) is 6.92 Å². The second-order valence-corrected chi connectivity index (χ2v) is 4.81. The molecule has 2 rings (SSSR count). The van der Waals surface area contributed by atoms with Crippen LogP contribution in [0.5, 0.6) is 0 Å². The van der Waals surface area contributed by atoms with Crippen LogP contribution in [0.3, 0.4) is 0 Å². The average Bonchev–Trinajstić information content (AvgIpc) is 2.54. The van der Waals surface area contributed by atoms with Gasteiger partial charge in [-0.15, -0.1) is 0 Å². The topological polar surface area (TPSA) is 15.3 Å². The zero-order chi connectivity index (χ0) is 9.15. The van der Waals surface area contributed by atoms with Crippen molar-refractivity contribution in [3.8, 4) is 0 Å². The first-order valence-electron chi connectivity index (χ1n) is 5.78. The van der Waals surface area contributed by atoms with Crippen LogP contribution in [0.25, 0.3) is 0 Å². The molecule has 0 saturated carbocycles. The Kier molecular flexibility index (Phi) is 2.89. The van der Waals surface area contributed by atoms with Crippen molar-refractivity contribution in [1.82, 2.24) is 10.2 Å². The van der Waals surface area contributed by atoms with Crippen LogP contribution in [0, 0.1) is 5.41 Å². The van der Waals surface area contributed by atoms with E-state index in [0.717, 1.165) is 0 Å². The summed E-state index contributed by atoms with van der Waals surface area (Å²) in [6.45, 7) is 8.81. The van der Waals surface area contributed by atoms with Gasteiger partial charge in [0.25, 0.3) is 0 Å². The molecule has 0 aromatic carbocycles. The van der Waals surface area contributed by atoms with Crippen LogP contribution in [0.15, 0.2) is 0 Å². The maximum Gasteiger partial charge on any atom is 0.00506 e. The Bertz CT molecular complexity index is 159. The zero-order valence-electron chi connectivity index (χ0n) is 8.81. The quantitative estimate of drug-likeness (QED) is 0.696. The third-order valence-electron chi connectivity index (χ3n) is 3.61. The number of likely N-dealkylation sites (tertiary alicyclic amines) is 1. The minimum Gasteiger partial charge on any atom is -0.316 e. The predicted molar refractivity (Wildman–Crippen MR) is 55.9 cm³/mol. The van der Waals surface area contributed by atoms with Crippen LogP contribution in [0.4, 0.5) is 0 Å². The van der Waals surface area contributed by atoms with Gasteiger partial charge in [-0.25, -0.2) is 0 Å². The molecule has 13 heavy (non-hydrogen) atoms. The Balaban J connectivity index is 1.90. The van der Waals surface area contributed by atoms with Gasteiger partial charge in [0.1, 0.15) is 0 Å². The van der Waals surface area contributed by atoms with E-state index in [2.05, 4.69) is 17.1 Å². The molecule has 1 atom stereocenters. The van der Waals surface area contributed by atoms with Crippen LogP contribution in [-0.2, 0) is 0 Å². The van der Waals surface area contributed by atoms with E-state index in [1.54, 1.807) is 0 Å². The molecule has 2 heteroatoms. The van der Waals surface area contributed by atoms with Gasteiger partial charge in [0.05, 0.1) is 0 Å². The van der Waals surface area contributed by atoms with Crippen LogP contribution in [-0.4, -0.2) is 37.6 Å². The summed E-state index contributed by atoms with van der Waals surface area (Å²) in [5, 5.41) is 3.52. The van der Waals surface area contributed by atoms with E-state index in [9.17, 15) is 0 Å². The number of piperidine rings is 1. The maximum absolute atomic E-state index is 3.52. The van der Waals surface area contributed by atoms with Crippen LogP contribution < -0.4 is 5.32 Å². The van der Waals surface area contributed by atoms with Crippen LogP contribution in [0.1, 0.15) is 32.6 Å². The molecule has 0 bridgehead atoms. The molecule has 76 valence electrons. The molecule has 0 aromatic heterocycles. The number of hydrogen-bond donors (Lipinski definition) is 1. The van der Waals surface area contributed by atoms with Crippen molar-refractivity contribution in [3.63, 3.8) is 0 Å². The summed E-state index contributed by atoms with van der Waals surface area (Å²) in [4.78, 5) is 2.66. The van der Waals surface area contributed by atoms with Crippen molar-refractivity contribution in [2.75, 3.05) is 32.7 Å². The molecule has 2 saturated heterocycles. The summed E-state index contributed by atoms with van der Waals surface area (Å²) in [6.07, 6.45) is 5.60. The lowest BCUT2D eigenvalue weighted by Gasteiger charge is -2.39. The minimum atomic E-state index is 0.660. The summed E-state index contributed by atoms with van der Waals surface area (Å²) in [6, 6.07) is 0. The standard InChI is InChI=1S/C11H22N2/c1-2-7-13-8-3-4-11(10-13)5-6-12-9-11/h12H,2-10H2,1H3. The predicted octanol–water partition coefficient (Wildman–Crippen LogP) is 1.47. The Morgan fingerprint density at radius 3 is 3.00 bits per heavy atom. The van der Waals surface area contributed by atoms with E-state index in [1.165, 1.54) is 58.4 Å². The van der Waals surface area contributed by atoms with Gasteiger partial charge in [0.2, 0.25) is 0 Å². The third-order valence-corrected chi connectivity index (χ3v) is 3.61. The Hall–Kier alpha value is -0.0800. The monoisotopic (exact) mass is 182 g/mol. The molecular formula is C11H22N2.